The number of alkyl halides is 3. The van der Waals surface area contributed by atoms with E-state index in [1.54, 1.807) is 0 Å². The van der Waals surface area contributed by atoms with Crippen molar-refractivity contribution in [3.05, 3.63) is 30.1 Å². The van der Waals surface area contributed by atoms with Gasteiger partial charge in [0.1, 0.15) is 18.2 Å². The van der Waals surface area contributed by atoms with E-state index in [1.807, 2.05) is 0 Å². The molecule has 1 amide bonds. The van der Waals surface area contributed by atoms with E-state index in [0.717, 1.165) is 0 Å². The van der Waals surface area contributed by atoms with Crippen molar-refractivity contribution >= 4 is 11.9 Å². The maximum absolute atomic E-state index is 12.9. The van der Waals surface area contributed by atoms with Crippen LogP contribution in [0.15, 0.2) is 24.3 Å². The van der Waals surface area contributed by atoms with Crippen molar-refractivity contribution in [2.75, 3.05) is 32.8 Å². The van der Waals surface area contributed by atoms with Crippen molar-refractivity contribution < 1.29 is 37.0 Å². The molecule has 2 rings (SSSR count). The summed E-state index contributed by atoms with van der Waals surface area (Å²) < 4.78 is 56.7. The van der Waals surface area contributed by atoms with Gasteiger partial charge in [0, 0.05) is 13.1 Å². The highest BCUT2D eigenvalue weighted by Gasteiger charge is 2.52. The third kappa shape index (κ3) is 5.58. The van der Waals surface area contributed by atoms with E-state index in [9.17, 15) is 27.2 Å². The number of aliphatic carboxylic acids is 1. The number of carbonyl (C=O) groups excluding carboxylic acids is 1. The van der Waals surface area contributed by atoms with Gasteiger partial charge in [-0.1, -0.05) is 0 Å². The van der Waals surface area contributed by atoms with Crippen LogP contribution in [-0.4, -0.2) is 60.8 Å². The summed E-state index contributed by atoms with van der Waals surface area (Å²) in [5, 5.41) is 11.4. The zero-order chi connectivity index (χ0) is 19.3. The molecule has 0 spiro atoms. The van der Waals surface area contributed by atoms with Gasteiger partial charge in [-0.3, -0.25) is 14.5 Å². The van der Waals surface area contributed by atoms with Crippen molar-refractivity contribution in [3.8, 4) is 5.75 Å². The number of nitrogens with zero attached hydrogens (tertiary/aromatic N) is 1. The van der Waals surface area contributed by atoms with E-state index in [2.05, 4.69) is 5.32 Å². The topological polar surface area (TPSA) is 78.9 Å². The molecule has 6 nitrogen and oxygen atoms in total. The smallest absolute Gasteiger partial charge is 0.393 e. The molecule has 1 aromatic carbocycles. The molecular formula is C16H18F4N2O4. The molecular weight excluding hydrogens is 360 g/mol. The Balaban J connectivity index is 1.74. The number of likely N-dealkylation sites (tertiary alicyclic amines) is 1. The van der Waals surface area contributed by atoms with Crippen molar-refractivity contribution in [1.82, 2.24) is 10.2 Å². The number of hydrogen-bond acceptors (Lipinski definition) is 4. The summed E-state index contributed by atoms with van der Waals surface area (Å²) in [5.74, 6) is -5.62. The quantitative estimate of drug-likeness (QED) is 0.556. The van der Waals surface area contributed by atoms with Gasteiger partial charge in [0.15, 0.2) is 0 Å². The van der Waals surface area contributed by atoms with E-state index in [-0.39, 0.29) is 26.2 Å². The zero-order valence-corrected chi connectivity index (χ0v) is 13.6. The predicted octanol–water partition coefficient (Wildman–Crippen LogP) is 1.52. The van der Waals surface area contributed by atoms with Crippen LogP contribution in [0.2, 0.25) is 0 Å². The van der Waals surface area contributed by atoms with Crippen LogP contribution in [0.25, 0.3) is 0 Å². The molecule has 26 heavy (non-hydrogen) atoms. The minimum Gasteiger partial charge on any atom is -0.492 e. The number of ether oxygens (including phenoxy) is 1. The first-order chi connectivity index (χ1) is 12.2. The first kappa shape index (κ1) is 20.0. The Hall–Kier alpha value is -2.36. The second-order valence-corrected chi connectivity index (χ2v) is 5.94. The van der Waals surface area contributed by atoms with E-state index >= 15 is 0 Å². The second-order valence-electron chi connectivity index (χ2n) is 5.94. The molecule has 0 saturated carbocycles. The minimum absolute atomic E-state index is 0.0975. The number of halogens is 4. The maximum atomic E-state index is 12.9. The largest absolute Gasteiger partial charge is 0.492 e. The number of carboxylic acids is 1. The Morgan fingerprint density at radius 2 is 1.88 bits per heavy atom. The summed E-state index contributed by atoms with van der Waals surface area (Å²) in [7, 11) is 0. The lowest BCUT2D eigenvalue weighted by atomic mass is 9.96. The normalized spacial score (nSPS) is 20.8. The third-order valence-electron chi connectivity index (χ3n) is 4.01. The molecule has 0 bridgehead atoms. The van der Waals surface area contributed by atoms with Crippen LogP contribution in [-0.2, 0) is 9.59 Å². The maximum Gasteiger partial charge on any atom is 0.393 e. The fourth-order valence-electron chi connectivity index (χ4n) is 2.75. The fraction of sp³-hybridized carbons (Fsp3) is 0.500. The average Bonchev–Trinajstić information content (AvgIpc) is 2.97. The molecule has 10 heteroatoms. The molecule has 0 aromatic heterocycles. The Morgan fingerprint density at radius 1 is 1.23 bits per heavy atom. The molecule has 0 aliphatic carbocycles. The number of benzene rings is 1. The van der Waals surface area contributed by atoms with Gasteiger partial charge in [-0.25, -0.2) is 4.39 Å². The molecule has 0 radical (unpaired) electrons. The summed E-state index contributed by atoms with van der Waals surface area (Å²) >= 11 is 0. The molecule has 1 aromatic rings. The van der Waals surface area contributed by atoms with Gasteiger partial charge in [-0.05, 0) is 24.3 Å². The highest BCUT2D eigenvalue weighted by molar-refractivity contribution is 5.78. The first-order valence-corrected chi connectivity index (χ1v) is 7.83. The molecule has 1 heterocycles. The van der Waals surface area contributed by atoms with Crippen LogP contribution >= 0.6 is 0 Å². The van der Waals surface area contributed by atoms with Crippen LogP contribution in [0.1, 0.15) is 0 Å². The molecule has 2 N–H and O–H groups in total. The summed E-state index contributed by atoms with van der Waals surface area (Å²) in [5.41, 5.74) is 0. The van der Waals surface area contributed by atoms with Crippen molar-refractivity contribution in [1.29, 1.82) is 0 Å². The van der Waals surface area contributed by atoms with E-state index in [0.29, 0.717) is 5.75 Å². The average molecular weight is 378 g/mol. The number of rotatable bonds is 7. The van der Waals surface area contributed by atoms with Gasteiger partial charge in [0.25, 0.3) is 0 Å². The van der Waals surface area contributed by atoms with Crippen LogP contribution in [0.5, 0.6) is 5.75 Å². The van der Waals surface area contributed by atoms with Crippen LogP contribution in [0, 0.1) is 17.7 Å². The highest BCUT2D eigenvalue weighted by Crippen LogP contribution is 2.37. The number of nitrogens with one attached hydrogen (secondary N) is 1. The first-order valence-electron chi connectivity index (χ1n) is 7.83. The lowest BCUT2D eigenvalue weighted by molar-refractivity contribution is -0.188. The number of carbonyl (C=O) groups is 2. The van der Waals surface area contributed by atoms with Gasteiger partial charge >= 0.3 is 12.1 Å². The summed E-state index contributed by atoms with van der Waals surface area (Å²) in [6.45, 7) is -0.985. The van der Waals surface area contributed by atoms with Crippen LogP contribution < -0.4 is 10.1 Å². The third-order valence-corrected chi connectivity index (χ3v) is 4.01. The van der Waals surface area contributed by atoms with E-state index < -0.39 is 42.3 Å². The standard InChI is InChI=1S/C16H18F4N2O4/c17-10-1-3-11(4-2-10)26-6-5-21-14(23)9-22-7-12(15(24)25)13(8-22)16(18,19)20/h1-4,12-13H,5-9H2,(H,21,23)(H,24,25)/t12-,13-/m1/s1. The summed E-state index contributed by atoms with van der Waals surface area (Å²) in [6, 6.07) is 5.28. The lowest BCUT2D eigenvalue weighted by Crippen LogP contribution is -2.38. The minimum atomic E-state index is -4.63. The van der Waals surface area contributed by atoms with Crippen molar-refractivity contribution in [2.45, 2.75) is 6.18 Å². The Bertz CT molecular complexity index is 636. The zero-order valence-electron chi connectivity index (χ0n) is 13.6. The fourth-order valence-corrected chi connectivity index (χ4v) is 2.75. The lowest BCUT2D eigenvalue weighted by Gasteiger charge is -2.18. The summed E-state index contributed by atoms with van der Waals surface area (Å²) in [6.07, 6.45) is -4.63. The van der Waals surface area contributed by atoms with Gasteiger partial charge < -0.3 is 15.2 Å². The molecule has 1 saturated heterocycles. The van der Waals surface area contributed by atoms with Crippen LogP contribution in [0.4, 0.5) is 17.6 Å². The number of carboxylic acid groups (broad SMARTS) is 1. The SMILES string of the molecule is O=C(CN1C[C@@H](C(F)(F)F)[C@H](C(=O)O)C1)NCCOc1ccc(F)cc1. The Kier molecular flexibility index (Phi) is 6.41. The predicted molar refractivity (Wildman–Crippen MR) is 82.0 cm³/mol. The van der Waals surface area contributed by atoms with Gasteiger partial charge in [0.05, 0.1) is 24.9 Å². The monoisotopic (exact) mass is 378 g/mol. The second kappa shape index (κ2) is 8.35. The Labute approximate surface area is 146 Å². The van der Waals surface area contributed by atoms with E-state index in [1.165, 1.54) is 29.2 Å². The molecule has 0 unspecified atom stereocenters. The van der Waals surface area contributed by atoms with Crippen molar-refractivity contribution in [3.63, 3.8) is 0 Å². The molecule has 1 aliphatic heterocycles. The van der Waals surface area contributed by atoms with Gasteiger partial charge in [0.2, 0.25) is 5.91 Å². The van der Waals surface area contributed by atoms with E-state index in [4.69, 9.17) is 9.84 Å². The molecule has 1 aliphatic rings. The highest BCUT2D eigenvalue weighted by atomic mass is 19.4. The molecule has 1 fully saturated rings. The van der Waals surface area contributed by atoms with Gasteiger partial charge in [-0.15, -0.1) is 0 Å². The molecule has 2 atom stereocenters. The Morgan fingerprint density at radius 3 is 2.42 bits per heavy atom. The molecule has 144 valence electrons. The number of hydrogen-bond donors (Lipinski definition) is 2. The summed E-state index contributed by atoms with van der Waals surface area (Å²) in [4.78, 5) is 24.0. The van der Waals surface area contributed by atoms with Crippen molar-refractivity contribution in [2.24, 2.45) is 11.8 Å². The van der Waals surface area contributed by atoms with Crippen LogP contribution in [0.3, 0.4) is 0 Å². The van der Waals surface area contributed by atoms with Gasteiger partial charge in [-0.2, -0.15) is 13.2 Å². The number of amides is 1.